The van der Waals surface area contributed by atoms with E-state index in [4.69, 9.17) is 20.4 Å². The van der Waals surface area contributed by atoms with Crippen LogP contribution >= 0.6 is 35.1 Å². The Bertz CT molecular complexity index is 1860. The summed E-state index contributed by atoms with van der Waals surface area (Å²) in [6.45, 7) is 6.70. The number of para-hydroxylation sites is 2. The van der Waals surface area contributed by atoms with Gasteiger partial charge in [0.25, 0.3) is 5.91 Å². The third kappa shape index (κ3) is 9.87. The minimum atomic E-state index is -0.817. The summed E-state index contributed by atoms with van der Waals surface area (Å²) in [5.74, 6) is 2.49. The third-order valence-electron chi connectivity index (χ3n) is 6.62. The maximum absolute atomic E-state index is 12.5. The van der Waals surface area contributed by atoms with E-state index in [1.165, 1.54) is 16.7 Å². The number of carbonyl (C=O) groups excluding carboxylic acids is 2. The third-order valence-corrected chi connectivity index (χ3v) is 9.01. The molecule has 4 aromatic heterocycles. The minimum Gasteiger partial charge on any atom is -0.461 e. The molecule has 49 heavy (non-hydrogen) atoms. The van der Waals surface area contributed by atoms with Gasteiger partial charge in [-0.2, -0.15) is 0 Å². The lowest BCUT2D eigenvalue weighted by atomic mass is 10.3. The van der Waals surface area contributed by atoms with Crippen LogP contribution in [0, 0.1) is 0 Å². The number of carbonyl (C=O) groups is 2. The van der Waals surface area contributed by atoms with Crippen molar-refractivity contribution < 1.29 is 18.4 Å². The highest BCUT2D eigenvalue weighted by atomic mass is 35.5. The Hall–Kier alpha value is -4.79. The zero-order chi connectivity index (χ0) is 35.2. The summed E-state index contributed by atoms with van der Waals surface area (Å²) >= 11 is 8.78. The van der Waals surface area contributed by atoms with Gasteiger partial charge in [0.1, 0.15) is 0 Å². The highest BCUT2D eigenvalue weighted by Gasteiger charge is 2.25. The maximum Gasteiger partial charge on any atom is 0.255 e. The molecule has 0 spiro atoms. The van der Waals surface area contributed by atoms with Gasteiger partial charge in [0, 0.05) is 32.0 Å². The fourth-order valence-electron chi connectivity index (χ4n) is 4.23. The van der Waals surface area contributed by atoms with Crippen LogP contribution in [0.15, 0.2) is 117 Å². The van der Waals surface area contributed by atoms with Crippen LogP contribution in [0.1, 0.15) is 20.8 Å². The zero-order valence-corrected chi connectivity index (χ0v) is 30.1. The van der Waals surface area contributed by atoms with E-state index in [1.54, 1.807) is 43.3 Å². The van der Waals surface area contributed by atoms with Crippen LogP contribution in [0.3, 0.4) is 0 Å². The average molecular weight is 721 g/mol. The van der Waals surface area contributed by atoms with Gasteiger partial charge < -0.3 is 23.6 Å². The molecule has 2 aromatic carbocycles. The van der Waals surface area contributed by atoms with E-state index in [0.717, 1.165) is 23.1 Å². The number of furan rings is 2. The minimum absolute atomic E-state index is 0.0774. The van der Waals surface area contributed by atoms with Crippen molar-refractivity contribution in [1.82, 2.24) is 29.5 Å². The fraction of sp³-hybridized carbons (Fsp3) is 0.235. The lowest BCUT2D eigenvalue weighted by molar-refractivity contribution is -0.116. The van der Waals surface area contributed by atoms with Crippen molar-refractivity contribution in [2.24, 2.45) is 7.05 Å². The van der Waals surface area contributed by atoms with Crippen LogP contribution in [-0.2, 0) is 23.2 Å². The van der Waals surface area contributed by atoms with Crippen molar-refractivity contribution in [3.05, 3.63) is 97.5 Å². The summed E-state index contributed by atoms with van der Waals surface area (Å²) in [5.41, 5.74) is 1.56. The molecule has 0 aliphatic heterocycles. The van der Waals surface area contributed by atoms with Crippen molar-refractivity contribution in [3.63, 3.8) is 0 Å². The van der Waals surface area contributed by atoms with Gasteiger partial charge in [0.2, 0.25) is 5.91 Å². The van der Waals surface area contributed by atoms with Crippen molar-refractivity contribution in [3.8, 4) is 23.2 Å². The number of alkyl halides is 1. The number of nitrogens with one attached hydrogen (secondary N) is 1. The number of rotatable bonds is 11. The quantitative estimate of drug-likeness (QED) is 0.105. The monoisotopic (exact) mass is 720 g/mol. The first kappa shape index (κ1) is 37.0. The molecule has 1 unspecified atom stereocenters. The van der Waals surface area contributed by atoms with E-state index in [2.05, 4.69) is 25.7 Å². The smallest absolute Gasteiger partial charge is 0.255 e. The Kier molecular flexibility index (Phi) is 14.1. The number of nitrogens with zero attached hydrogens (tertiary/aromatic N) is 7. The summed E-state index contributed by atoms with van der Waals surface area (Å²) < 4.78 is 13.5. The predicted octanol–water partition coefficient (Wildman–Crippen LogP) is 7.71. The molecule has 1 N–H and O–H groups in total. The lowest BCUT2D eigenvalue weighted by Crippen LogP contribution is -2.32. The molecule has 0 bridgehead atoms. The first-order valence-electron chi connectivity index (χ1n) is 15.4. The van der Waals surface area contributed by atoms with Gasteiger partial charge in [-0.05, 0) is 55.5 Å². The van der Waals surface area contributed by atoms with Crippen LogP contribution in [0.5, 0.6) is 0 Å². The normalized spacial score (nSPS) is 11.1. The summed E-state index contributed by atoms with van der Waals surface area (Å²) in [7, 11) is 3.49. The van der Waals surface area contributed by atoms with Crippen LogP contribution in [0.4, 0.5) is 11.4 Å². The molecule has 0 aliphatic carbocycles. The molecule has 6 aromatic rings. The number of aromatic nitrogens is 6. The number of amides is 2. The highest BCUT2D eigenvalue weighted by Crippen LogP contribution is 2.30. The van der Waals surface area contributed by atoms with E-state index < -0.39 is 4.71 Å². The number of benzene rings is 2. The molecule has 4 heterocycles. The molecule has 15 heteroatoms. The molecule has 12 nitrogen and oxygen atoms in total. The van der Waals surface area contributed by atoms with E-state index in [0.29, 0.717) is 40.0 Å². The first-order chi connectivity index (χ1) is 23.9. The maximum atomic E-state index is 12.5. The van der Waals surface area contributed by atoms with Gasteiger partial charge >= 0.3 is 0 Å². The van der Waals surface area contributed by atoms with Crippen LogP contribution in [0.2, 0.25) is 0 Å². The largest absolute Gasteiger partial charge is 0.461 e. The van der Waals surface area contributed by atoms with Crippen LogP contribution in [-0.4, -0.2) is 58.9 Å². The molecule has 6 rings (SSSR count). The molecule has 256 valence electrons. The molecular formula is C34H37ClN8O4S2. The predicted molar refractivity (Wildman–Crippen MR) is 195 cm³/mol. The number of hydrogen-bond donors (Lipinski definition) is 1. The number of halogens is 1. The number of hydrogen-bond acceptors (Lipinski definition) is 10. The van der Waals surface area contributed by atoms with Crippen molar-refractivity contribution in [2.45, 2.75) is 42.3 Å². The Morgan fingerprint density at radius 3 is 2.00 bits per heavy atom. The van der Waals surface area contributed by atoms with Gasteiger partial charge in [-0.3, -0.25) is 14.2 Å². The van der Waals surface area contributed by atoms with Crippen LogP contribution in [0.25, 0.3) is 23.2 Å². The fourth-order valence-corrected chi connectivity index (χ4v) is 6.19. The van der Waals surface area contributed by atoms with E-state index in [9.17, 15) is 9.59 Å². The second-order valence-corrected chi connectivity index (χ2v) is 12.4. The summed E-state index contributed by atoms with van der Waals surface area (Å²) in [6.07, 6.45) is 3.17. The van der Waals surface area contributed by atoms with Gasteiger partial charge in [0.05, 0.1) is 18.3 Å². The molecule has 0 fully saturated rings. The molecule has 2 amide bonds. The SMILES string of the molecule is CC.CCn1c(SCC(=O)Nc2ccccc2)nnc1-c1ccco1.CN(C(=O)C(Cl)Sc1nnc(-c2ccco2)n1C)c1ccccc1. The van der Waals surface area contributed by atoms with Gasteiger partial charge in [0.15, 0.2) is 38.2 Å². The number of thioether (sulfide) groups is 2. The standard InChI is InChI=1S/C16H15ClN4O2S.C16H16N4O2S.C2H6/c1-20(11-7-4-3-5-8-11)15(22)13(17)24-16-19-18-14(21(16)2)12-9-6-10-23-12;1-2-20-15(13-9-6-10-22-13)18-19-16(20)23-11-14(21)17-12-7-4-3-5-8-12;1-2/h3-10,13H,1-2H3;3-10H,2,11H2,1H3,(H,17,21);1-2H3. The Labute approximate surface area is 298 Å². The molecule has 0 saturated carbocycles. The van der Waals surface area contributed by atoms with E-state index in [-0.39, 0.29) is 17.6 Å². The van der Waals surface area contributed by atoms with Gasteiger partial charge in [-0.25, -0.2) is 0 Å². The summed E-state index contributed by atoms with van der Waals surface area (Å²) in [6, 6.07) is 25.9. The number of anilines is 2. The van der Waals surface area contributed by atoms with Crippen molar-refractivity contribution in [2.75, 3.05) is 23.0 Å². The summed E-state index contributed by atoms with van der Waals surface area (Å²) in [5, 5.41) is 20.6. The van der Waals surface area contributed by atoms with Gasteiger partial charge in [-0.1, -0.05) is 85.4 Å². The van der Waals surface area contributed by atoms with Crippen molar-refractivity contribution in [1.29, 1.82) is 0 Å². The highest BCUT2D eigenvalue weighted by molar-refractivity contribution is 8.01. The topological polar surface area (TPSA) is 137 Å². The molecule has 0 radical (unpaired) electrons. The molecular weight excluding hydrogens is 684 g/mol. The summed E-state index contributed by atoms with van der Waals surface area (Å²) in [4.78, 5) is 26.0. The van der Waals surface area contributed by atoms with Gasteiger partial charge in [-0.15, -0.1) is 20.4 Å². The molecule has 0 aliphatic rings. The lowest BCUT2D eigenvalue weighted by Gasteiger charge is -2.19. The second-order valence-electron chi connectivity index (χ2n) is 9.74. The molecule has 0 saturated heterocycles. The second kappa shape index (κ2) is 18.7. The average Bonchev–Trinajstić information content (AvgIpc) is 3.97. The Balaban J connectivity index is 0.000000210. The van der Waals surface area contributed by atoms with E-state index in [1.807, 2.05) is 98.1 Å². The van der Waals surface area contributed by atoms with E-state index >= 15 is 0 Å². The zero-order valence-electron chi connectivity index (χ0n) is 27.7. The Morgan fingerprint density at radius 2 is 1.41 bits per heavy atom. The first-order valence-corrected chi connectivity index (χ1v) is 17.7. The Morgan fingerprint density at radius 1 is 0.837 bits per heavy atom. The molecule has 1 atom stereocenters. The van der Waals surface area contributed by atoms with Crippen LogP contribution < -0.4 is 10.2 Å². The van der Waals surface area contributed by atoms with Crippen molar-refractivity contribution >= 4 is 58.3 Å².